The van der Waals surface area contributed by atoms with Gasteiger partial charge in [-0.05, 0) is 51.0 Å². The topological polar surface area (TPSA) is 69.6 Å². The van der Waals surface area contributed by atoms with Gasteiger partial charge in [-0.3, -0.25) is 9.59 Å². The van der Waals surface area contributed by atoms with Crippen molar-refractivity contribution in [1.82, 2.24) is 4.90 Å². The Labute approximate surface area is 137 Å². The van der Waals surface area contributed by atoms with E-state index in [2.05, 4.69) is 5.32 Å². The van der Waals surface area contributed by atoms with E-state index >= 15 is 0 Å². The summed E-state index contributed by atoms with van der Waals surface area (Å²) < 4.78 is 0. The van der Waals surface area contributed by atoms with Crippen molar-refractivity contribution in [2.24, 2.45) is 0 Å². The van der Waals surface area contributed by atoms with Crippen molar-refractivity contribution in [2.75, 3.05) is 18.4 Å². The molecule has 1 aromatic carbocycles. The van der Waals surface area contributed by atoms with E-state index in [1.807, 2.05) is 13.8 Å². The summed E-state index contributed by atoms with van der Waals surface area (Å²) in [6.45, 7) is 5.24. The van der Waals surface area contributed by atoms with Gasteiger partial charge in [0.2, 0.25) is 5.91 Å². The molecule has 0 spiro atoms. The highest BCUT2D eigenvalue weighted by Crippen LogP contribution is 2.32. The first-order valence-electron chi connectivity index (χ1n) is 8.39. The lowest BCUT2D eigenvalue weighted by molar-refractivity contribution is -0.120. The molecule has 2 rings (SSSR count). The highest BCUT2D eigenvalue weighted by atomic mass is 16.3. The summed E-state index contributed by atoms with van der Waals surface area (Å²) in [5.74, 6) is -0.189. The Morgan fingerprint density at radius 2 is 1.70 bits per heavy atom. The minimum Gasteiger partial charge on any atom is -0.389 e. The number of aliphatic hydroxyl groups is 1. The summed E-state index contributed by atoms with van der Waals surface area (Å²) >= 11 is 0. The lowest BCUT2D eigenvalue weighted by atomic mass is 9.97. The quantitative estimate of drug-likeness (QED) is 0.847. The van der Waals surface area contributed by atoms with E-state index in [4.69, 9.17) is 0 Å². The molecule has 0 bridgehead atoms. The van der Waals surface area contributed by atoms with Gasteiger partial charge in [0, 0.05) is 24.3 Å². The second-order valence-corrected chi connectivity index (χ2v) is 6.21. The predicted octanol–water partition coefficient (Wildman–Crippen LogP) is 2.80. The summed E-state index contributed by atoms with van der Waals surface area (Å²) in [6.07, 6.45) is 3.47. The summed E-state index contributed by atoms with van der Waals surface area (Å²) in [4.78, 5) is 26.0. The number of anilines is 1. The number of carbonyl (C=O) groups excluding carboxylic acids is 2. The van der Waals surface area contributed by atoms with Crippen molar-refractivity contribution in [3.63, 3.8) is 0 Å². The second kappa shape index (κ2) is 7.59. The van der Waals surface area contributed by atoms with Crippen molar-refractivity contribution < 1.29 is 14.7 Å². The van der Waals surface area contributed by atoms with E-state index in [1.165, 1.54) is 0 Å². The third-order valence-electron chi connectivity index (χ3n) is 4.49. The molecule has 0 aromatic heterocycles. The Balaban J connectivity index is 1.94. The molecule has 1 saturated carbocycles. The highest BCUT2D eigenvalue weighted by Gasteiger charge is 2.33. The molecule has 0 heterocycles. The van der Waals surface area contributed by atoms with Gasteiger partial charge >= 0.3 is 0 Å². The van der Waals surface area contributed by atoms with E-state index in [1.54, 1.807) is 29.2 Å². The number of amides is 2. The molecule has 1 aliphatic carbocycles. The maximum atomic E-state index is 12.2. The van der Waals surface area contributed by atoms with Crippen molar-refractivity contribution in [3.8, 4) is 0 Å². The maximum Gasteiger partial charge on any atom is 0.253 e. The summed E-state index contributed by atoms with van der Waals surface area (Å²) in [7, 11) is 0. The largest absolute Gasteiger partial charge is 0.389 e. The summed E-state index contributed by atoms with van der Waals surface area (Å²) in [5.41, 5.74) is 0.414. The van der Waals surface area contributed by atoms with Crippen molar-refractivity contribution in [2.45, 2.75) is 51.6 Å². The average Bonchev–Trinajstić information content (AvgIpc) is 2.95. The van der Waals surface area contributed by atoms with Crippen LogP contribution in [0.4, 0.5) is 5.69 Å². The number of hydrogen-bond donors (Lipinski definition) is 2. The molecule has 126 valence electrons. The standard InChI is InChI=1S/C18H26N2O3/c1-3-20(4-2)17(22)14-7-9-15(10-8-14)19-16(21)13-18(23)11-5-6-12-18/h7-10,23H,3-6,11-13H2,1-2H3,(H,19,21). The minimum atomic E-state index is -0.845. The van der Waals surface area contributed by atoms with Crippen LogP contribution in [0.3, 0.4) is 0 Å². The maximum absolute atomic E-state index is 12.2. The van der Waals surface area contributed by atoms with Gasteiger partial charge in [-0.1, -0.05) is 12.8 Å². The number of hydrogen-bond acceptors (Lipinski definition) is 3. The van der Waals surface area contributed by atoms with Crippen LogP contribution in [0.2, 0.25) is 0 Å². The second-order valence-electron chi connectivity index (χ2n) is 6.21. The predicted molar refractivity (Wildman–Crippen MR) is 90.4 cm³/mol. The van der Waals surface area contributed by atoms with Crippen LogP contribution >= 0.6 is 0 Å². The summed E-state index contributed by atoms with van der Waals surface area (Å²) in [6, 6.07) is 6.90. The highest BCUT2D eigenvalue weighted by molar-refractivity contribution is 5.96. The van der Waals surface area contributed by atoms with E-state index in [9.17, 15) is 14.7 Å². The Morgan fingerprint density at radius 1 is 1.13 bits per heavy atom. The number of rotatable bonds is 6. The van der Waals surface area contributed by atoms with Gasteiger partial charge in [0.05, 0.1) is 12.0 Å². The van der Waals surface area contributed by atoms with Crippen LogP contribution in [0, 0.1) is 0 Å². The van der Waals surface area contributed by atoms with Crippen LogP contribution in [0.5, 0.6) is 0 Å². The van der Waals surface area contributed by atoms with Gasteiger partial charge in [-0.2, -0.15) is 0 Å². The smallest absolute Gasteiger partial charge is 0.253 e. The normalized spacial score (nSPS) is 16.1. The van der Waals surface area contributed by atoms with E-state index in [-0.39, 0.29) is 18.2 Å². The molecular formula is C18H26N2O3. The Morgan fingerprint density at radius 3 is 2.22 bits per heavy atom. The van der Waals surface area contributed by atoms with Crippen LogP contribution < -0.4 is 5.32 Å². The van der Waals surface area contributed by atoms with Crippen molar-refractivity contribution in [3.05, 3.63) is 29.8 Å². The lowest BCUT2D eigenvalue weighted by Crippen LogP contribution is -2.31. The Hall–Kier alpha value is -1.88. The number of benzene rings is 1. The fourth-order valence-electron chi connectivity index (χ4n) is 3.10. The molecule has 1 aromatic rings. The molecule has 2 N–H and O–H groups in total. The fourth-order valence-corrected chi connectivity index (χ4v) is 3.10. The van der Waals surface area contributed by atoms with Crippen LogP contribution in [0.1, 0.15) is 56.3 Å². The molecule has 0 aliphatic heterocycles. The molecule has 0 atom stereocenters. The van der Waals surface area contributed by atoms with E-state index < -0.39 is 5.60 Å². The van der Waals surface area contributed by atoms with Crippen LogP contribution in [-0.2, 0) is 4.79 Å². The minimum absolute atomic E-state index is 0.00635. The van der Waals surface area contributed by atoms with E-state index in [0.717, 1.165) is 12.8 Å². The van der Waals surface area contributed by atoms with Gasteiger partial charge in [0.15, 0.2) is 0 Å². The van der Waals surface area contributed by atoms with Gasteiger partial charge in [-0.25, -0.2) is 0 Å². The van der Waals surface area contributed by atoms with Crippen LogP contribution in [-0.4, -0.2) is 40.5 Å². The monoisotopic (exact) mass is 318 g/mol. The number of nitrogens with one attached hydrogen (secondary N) is 1. The number of carbonyl (C=O) groups is 2. The first kappa shape index (κ1) is 17.5. The Bertz CT molecular complexity index is 544. The molecule has 1 fully saturated rings. The van der Waals surface area contributed by atoms with Gasteiger partial charge in [-0.15, -0.1) is 0 Å². The third-order valence-corrected chi connectivity index (χ3v) is 4.49. The number of nitrogens with zero attached hydrogens (tertiary/aromatic N) is 1. The first-order chi connectivity index (χ1) is 11.0. The van der Waals surface area contributed by atoms with E-state index in [0.29, 0.717) is 37.2 Å². The zero-order chi connectivity index (χ0) is 16.9. The van der Waals surface area contributed by atoms with Crippen LogP contribution in [0.15, 0.2) is 24.3 Å². The Kier molecular flexibility index (Phi) is 5.77. The fraction of sp³-hybridized carbons (Fsp3) is 0.556. The first-order valence-corrected chi connectivity index (χ1v) is 8.39. The van der Waals surface area contributed by atoms with Crippen molar-refractivity contribution >= 4 is 17.5 Å². The SMILES string of the molecule is CCN(CC)C(=O)c1ccc(NC(=O)CC2(O)CCCC2)cc1. The molecule has 5 heteroatoms. The van der Waals surface area contributed by atoms with Gasteiger partial charge in [0.25, 0.3) is 5.91 Å². The van der Waals surface area contributed by atoms with Gasteiger partial charge in [0.1, 0.15) is 0 Å². The molecular weight excluding hydrogens is 292 g/mol. The summed E-state index contributed by atoms with van der Waals surface area (Å²) in [5, 5.41) is 13.1. The molecule has 2 amide bonds. The molecule has 5 nitrogen and oxygen atoms in total. The third kappa shape index (κ3) is 4.55. The average molecular weight is 318 g/mol. The molecule has 0 saturated heterocycles. The molecule has 0 unspecified atom stereocenters. The molecule has 1 aliphatic rings. The van der Waals surface area contributed by atoms with Gasteiger partial charge < -0.3 is 15.3 Å². The van der Waals surface area contributed by atoms with Crippen LogP contribution in [0.25, 0.3) is 0 Å². The van der Waals surface area contributed by atoms with Crippen molar-refractivity contribution in [1.29, 1.82) is 0 Å². The molecule has 23 heavy (non-hydrogen) atoms. The zero-order valence-electron chi connectivity index (χ0n) is 14.0. The zero-order valence-corrected chi connectivity index (χ0v) is 14.0. The molecule has 0 radical (unpaired) electrons. The lowest BCUT2D eigenvalue weighted by Gasteiger charge is -2.21.